The molecule has 5 heteroatoms. The van der Waals surface area contributed by atoms with E-state index < -0.39 is 0 Å². The highest BCUT2D eigenvalue weighted by atomic mass is 16.5. The molecule has 0 amide bonds. The van der Waals surface area contributed by atoms with Gasteiger partial charge in [0.15, 0.2) is 0 Å². The standard InChI is InChI=1S/C11H20N4O/c1-9(2)12-6-11-13-8-14-15(11)10-4-3-5-16-7-10/h8-10,12H,3-7H2,1-2H3. The monoisotopic (exact) mass is 224 g/mol. The first-order chi connectivity index (χ1) is 7.77. The Labute approximate surface area is 96.2 Å². The average molecular weight is 224 g/mol. The number of rotatable bonds is 4. The van der Waals surface area contributed by atoms with E-state index in [1.807, 2.05) is 4.68 Å². The van der Waals surface area contributed by atoms with Crippen LogP contribution in [0.2, 0.25) is 0 Å². The highest BCUT2D eigenvalue weighted by Crippen LogP contribution is 2.19. The summed E-state index contributed by atoms with van der Waals surface area (Å²) in [6, 6.07) is 0.827. The molecule has 1 unspecified atom stereocenters. The smallest absolute Gasteiger partial charge is 0.141 e. The van der Waals surface area contributed by atoms with Gasteiger partial charge in [-0.1, -0.05) is 13.8 Å². The van der Waals surface area contributed by atoms with E-state index in [2.05, 4.69) is 29.2 Å². The van der Waals surface area contributed by atoms with Crippen molar-refractivity contribution in [2.75, 3.05) is 13.2 Å². The Balaban J connectivity index is 2.00. The lowest BCUT2D eigenvalue weighted by molar-refractivity contribution is 0.0535. The molecule has 1 aromatic rings. The molecule has 1 fully saturated rings. The van der Waals surface area contributed by atoms with Crippen molar-refractivity contribution in [3.8, 4) is 0 Å². The maximum absolute atomic E-state index is 5.48. The van der Waals surface area contributed by atoms with Gasteiger partial charge in [-0.25, -0.2) is 9.67 Å². The molecule has 0 bridgehead atoms. The Hall–Kier alpha value is -0.940. The number of aromatic nitrogens is 3. The molecule has 5 nitrogen and oxygen atoms in total. The topological polar surface area (TPSA) is 52.0 Å². The molecule has 1 aromatic heterocycles. The van der Waals surface area contributed by atoms with E-state index in [1.165, 1.54) is 0 Å². The molecule has 0 radical (unpaired) electrons. The van der Waals surface area contributed by atoms with Crippen LogP contribution in [0.3, 0.4) is 0 Å². The predicted octanol–water partition coefficient (Wildman–Crippen LogP) is 1.13. The lowest BCUT2D eigenvalue weighted by Crippen LogP contribution is -2.28. The van der Waals surface area contributed by atoms with Crippen molar-refractivity contribution in [3.05, 3.63) is 12.2 Å². The molecule has 0 saturated carbocycles. The molecule has 16 heavy (non-hydrogen) atoms. The molecule has 1 aliphatic heterocycles. The highest BCUT2D eigenvalue weighted by molar-refractivity contribution is 4.88. The summed E-state index contributed by atoms with van der Waals surface area (Å²) in [4.78, 5) is 4.30. The van der Waals surface area contributed by atoms with Gasteiger partial charge in [-0.05, 0) is 12.8 Å². The summed E-state index contributed by atoms with van der Waals surface area (Å²) in [5.74, 6) is 1.00. The molecule has 1 atom stereocenters. The Morgan fingerprint density at radius 2 is 2.50 bits per heavy atom. The van der Waals surface area contributed by atoms with Crippen LogP contribution < -0.4 is 5.32 Å². The lowest BCUT2D eigenvalue weighted by atomic mass is 10.1. The summed E-state index contributed by atoms with van der Waals surface area (Å²) < 4.78 is 7.49. The zero-order chi connectivity index (χ0) is 11.4. The van der Waals surface area contributed by atoms with Crippen LogP contribution in [0.5, 0.6) is 0 Å². The van der Waals surface area contributed by atoms with E-state index in [4.69, 9.17) is 4.74 Å². The number of ether oxygens (including phenoxy) is 1. The number of hydrogen-bond acceptors (Lipinski definition) is 4. The van der Waals surface area contributed by atoms with Crippen LogP contribution >= 0.6 is 0 Å². The van der Waals surface area contributed by atoms with Crippen molar-refractivity contribution < 1.29 is 4.74 Å². The minimum Gasteiger partial charge on any atom is -0.379 e. The average Bonchev–Trinajstić information content (AvgIpc) is 2.75. The molecule has 1 N–H and O–H groups in total. The second-order valence-electron chi connectivity index (χ2n) is 4.53. The summed E-state index contributed by atoms with van der Waals surface area (Å²) in [6.45, 7) is 6.67. The second kappa shape index (κ2) is 5.41. The highest BCUT2D eigenvalue weighted by Gasteiger charge is 2.19. The van der Waals surface area contributed by atoms with Crippen molar-refractivity contribution in [2.24, 2.45) is 0 Å². The minimum atomic E-state index is 0.361. The maximum atomic E-state index is 5.48. The summed E-state index contributed by atoms with van der Waals surface area (Å²) in [5.41, 5.74) is 0. The van der Waals surface area contributed by atoms with Gasteiger partial charge in [-0.3, -0.25) is 0 Å². The van der Waals surface area contributed by atoms with E-state index >= 15 is 0 Å². The van der Waals surface area contributed by atoms with Gasteiger partial charge in [-0.15, -0.1) is 0 Å². The van der Waals surface area contributed by atoms with Crippen LogP contribution in [0.4, 0.5) is 0 Å². The van der Waals surface area contributed by atoms with Crippen molar-refractivity contribution >= 4 is 0 Å². The Morgan fingerprint density at radius 1 is 1.62 bits per heavy atom. The molecular weight excluding hydrogens is 204 g/mol. The second-order valence-corrected chi connectivity index (χ2v) is 4.53. The summed E-state index contributed by atoms with van der Waals surface area (Å²) >= 11 is 0. The van der Waals surface area contributed by atoms with Crippen LogP contribution in [0, 0.1) is 0 Å². The summed E-state index contributed by atoms with van der Waals surface area (Å²) in [6.07, 6.45) is 3.88. The number of hydrogen-bond donors (Lipinski definition) is 1. The van der Waals surface area contributed by atoms with Crippen molar-refractivity contribution in [2.45, 2.75) is 45.3 Å². The number of nitrogens with one attached hydrogen (secondary N) is 1. The van der Waals surface area contributed by atoms with E-state index in [1.54, 1.807) is 6.33 Å². The molecule has 1 saturated heterocycles. The molecule has 2 heterocycles. The quantitative estimate of drug-likeness (QED) is 0.833. The fourth-order valence-electron chi connectivity index (χ4n) is 1.92. The van der Waals surface area contributed by atoms with Crippen molar-refractivity contribution in [1.29, 1.82) is 0 Å². The normalized spacial score (nSPS) is 21.6. The minimum absolute atomic E-state index is 0.361. The Kier molecular flexibility index (Phi) is 3.90. The molecule has 0 spiro atoms. The summed E-state index contributed by atoms with van der Waals surface area (Å²) in [7, 11) is 0. The predicted molar refractivity (Wildman–Crippen MR) is 61.1 cm³/mol. The summed E-state index contributed by atoms with van der Waals surface area (Å²) in [5, 5.41) is 7.67. The van der Waals surface area contributed by atoms with Gasteiger partial charge in [0.05, 0.1) is 19.2 Å². The van der Waals surface area contributed by atoms with Gasteiger partial charge in [-0.2, -0.15) is 5.10 Å². The van der Waals surface area contributed by atoms with Gasteiger partial charge in [0, 0.05) is 12.6 Å². The van der Waals surface area contributed by atoms with Crippen molar-refractivity contribution in [3.63, 3.8) is 0 Å². The van der Waals surface area contributed by atoms with Gasteiger partial charge in [0.25, 0.3) is 0 Å². The maximum Gasteiger partial charge on any atom is 0.141 e. The Morgan fingerprint density at radius 3 is 3.19 bits per heavy atom. The largest absolute Gasteiger partial charge is 0.379 e. The van der Waals surface area contributed by atoms with E-state index in [-0.39, 0.29) is 0 Å². The van der Waals surface area contributed by atoms with Crippen LogP contribution in [-0.2, 0) is 11.3 Å². The van der Waals surface area contributed by atoms with E-state index in [0.29, 0.717) is 12.1 Å². The molecule has 90 valence electrons. The lowest BCUT2D eigenvalue weighted by Gasteiger charge is -2.23. The molecular formula is C11H20N4O. The molecule has 2 rings (SSSR count). The van der Waals surface area contributed by atoms with Crippen molar-refractivity contribution in [1.82, 2.24) is 20.1 Å². The van der Waals surface area contributed by atoms with Crippen LogP contribution in [0.25, 0.3) is 0 Å². The van der Waals surface area contributed by atoms with Gasteiger partial charge in [0.1, 0.15) is 12.2 Å². The third kappa shape index (κ3) is 2.80. The fraction of sp³-hybridized carbons (Fsp3) is 0.818. The van der Waals surface area contributed by atoms with Crippen LogP contribution in [0.15, 0.2) is 6.33 Å². The number of nitrogens with zero attached hydrogens (tertiary/aromatic N) is 3. The van der Waals surface area contributed by atoms with Gasteiger partial charge < -0.3 is 10.1 Å². The zero-order valence-electron chi connectivity index (χ0n) is 10.0. The fourth-order valence-corrected chi connectivity index (χ4v) is 1.92. The van der Waals surface area contributed by atoms with Crippen LogP contribution in [0.1, 0.15) is 38.6 Å². The third-order valence-electron chi connectivity index (χ3n) is 2.80. The van der Waals surface area contributed by atoms with Gasteiger partial charge >= 0.3 is 0 Å². The third-order valence-corrected chi connectivity index (χ3v) is 2.80. The van der Waals surface area contributed by atoms with E-state index in [9.17, 15) is 0 Å². The SMILES string of the molecule is CC(C)NCc1ncnn1C1CCCOC1. The first-order valence-electron chi connectivity index (χ1n) is 5.97. The first kappa shape index (κ1) is 11.5. The zero-order valence-corrected chi connectivity index (χ0v) is 10.0. The van der Waals surface area contributed by atoms with Crippen LogP contribution in [-0.4, -0.2) is 34.0 Å². The molecule has 1 aliphatic rings. The van der Waals surface area contributed by atoms with Gasteiger partial charge in [0.2, 0.25) is 0 Å². The molecule has 0 aliphatic carbocycles. The van der Waals surface area contributed by atoms with E-state index in [0.717, 1.165) is 38.4 Å². The molecule has 0 aromatic carbocycles. The Bertz CT molecular complexity index is 318. The first-order valence-corrected chi connectivity index (χ1v) is 5.97.